The van der Waals surface area contributed by atoms with Crippen LogP contribution in [-0.2, 0) is 0 Å². The molecule has 0 bridgehead atoms. The lowest BCUT2D eigenvalue weighted by Crippen LogP contribution is -1.85. The number of hydrogen-bond donors (Lipinski definition) is 1. The minimum Gasteiger partial charge on any atom is -0.497 e. The molecule has 3 aromatic rings. The van der Waals surface area contributed by atoms with Crippen molar-refractivity contribution in [3.05, 3.63) is 65.3 Å². The molecule has 21 heavy (non-hydrogen) atoms. The lowest BCUT2D eigenvalue weighted by molar-refractivity contribution is 0.415. The Kier molecular flexibility index (Phi) is 3.72. The minimum absolute atomic E-state index is 0.676. The van der Waals surface area contributed by atoms with Gasteiger partial charge in [-0.15, -0.1) is 0 Å². The number of hydrogen-bond acceptors (Lipinski definition) is 1. The van der Waals surface area contributed by atoms with Gasteiger partial charge in [-0.1, -0.05) is 41.9 Å². The number of H-pyrrole nitrogens is 1. The quantitative estimate of drug-likeness (QED) is 0.695. The summed E-state index contributed by atoms with van der Waals surface area (Å²) in [6, 6.07) is 18.2. The van der Waals surface area contributed by atoms with E-state index in [0.29, 0.717) is 5.02 Å². The van der Waals surface area contributed by atoms with Gasteiger partial charge in [-0.2, -0.15) is 0 Å². The zero-order chi connectivity index (χ0) is 14.8. The zero-order valence-corrected chi connectivity index (χ0v) is 12.7. The maximum absolute atomic E-state index is 6.35. The van der Waals surface area contributed by atoms with Gasteiger partial charge in [-0.05, 0) is 36.8 Å². The molecular formula is C18H16ClNO. The molecule has 3 rings (SSSR count). The molecule has 3 heteroatoms. The van der Waals surface area contributed by atoms with Crippen molar-refractivity contribution in [2.75, 3.05) is 7.11 Å². The molecule has 0 unspecified atom stereocenters. The van der Waals surface area contributed by atoms with Gasteiger partial charge in [0.1, 0.15) is 5.75 Å². The zero-order valence-electron chi connectivity index (χ0n) is 12.0. The maximum atomic E-state index is 6.35. The Morgan fingerprint density at radius 3 is 2.38 bits per heavy atom. The molecule has 0 radical (unpaired) electrons. The molecule has 2 aromatic carbocycles. The van der Waals surface area contributed by atoms with Crippen molar-refractivity contribution in [1.82, 2.24) is 4.98 Å². The smallest absolute Gasteiger partial charge is 0.120 e. The fourth-order valence-electron chi connectivity index (χ4n) is 2.46. The van der Waals surface area contributed by atoms with Crippen LogP contribution >= 0.6 is 11.6 Å². The molecule has 0 aliphatic carbocycles. The summed E-state index contributed by atoms with van der Waals surface area (Å²) in [7, 11) is 1.64. The van der Waals surface area contributed by atoms with Gasteiger partial charge in [0.15, 0.2) is 0 Å². The van der Waals surface area contributed by atoms with Gasteiger partial charge in [-0.3, -0.25) is 0 Å². The molecular weight excluding hydrogens is 282 g/mol. The predicted molar refractivity (Wildman–Crippen MR) is 88.0 cm³/mol. The number of benzene rings is 2. The second-order valence-corrected chi connectivity index (χ2v) is 5.34. The molecule has 0 atom stereocenters. The third kappa shape index (κ3) is 2.67. The van der Waals surface area contributed by atoms with Crippen molar-refractivity contribution < 1.29 is 4.74 Å². The summed E-state index contributed by atoms with van der Waals surface area (Å²) in [5.74, 6) is 0.760. The van der Waals surface area contributed by atoms with Crippen LogP contribution in [0.2, 0.25) is 5.02 Å². The van der Waals surface area contributed by atoms with Crippen molar-refractivity contribution in [2.24, 2.45) is 0 Å². The molecule has 1 aromatic heterocycles. The van der Waals surface area contributed by atoms with Crippen LogP contribution in [0, 0.1) is 6.92 Å². The van der Waals surface area contributed by atoms with E-state index in [9.17, 15) is 0 Å². The number of ether oxygens (including phenoxy) is 1. The van der Waals surface area contributed by atoms with Crippen molar-refractivity contribution in [2.45, 2.75) is 6.92 Å². The molecule has 0 saturated heterocycles. The monoisotopic (exact) mass is 297 g/mol. The van der Waals surface area contributed by atoms with E-state index in [-0.39, 0.29) is 0 Å². The number of rotatable bonds is 3. The molecule has 0 saturated carbocycles. The van der Waals surface area contributed by atoms with E-state index in [0.717, 1.165) is 22.7 Å². The predicted octanol–water partition coefficient (Wildman–Crippen LogP) is 5.32. The topological polar surface area (TPSA) is 25.0 Å². The Bertz CT molecular complexity index is 762. The fourth-order valence-corrected chi connectivity index (χ4v) is 2.73. The summed E-state index contributed by atoms with van der Waals surface area (Å²) in [4.78, 5) is 3.41. The van der Waals surface area contributed by atoms with Crippen LogP contribution in [0.15, 0.2) is 54.6 Å². The molecule has 0 fully saturated rings. The second-order valence-electron chi connectivity index (χ2n) is 4.93. The van der Waals surface area contributed by atoms with E-state index in [2.05, 4.69) is 30.1 Å². The maximum Gasteiger partial charge on any atom is 0.120 e. The van der Waals surface area contributed by atoms with Gasteiger partial charge in [0.2, 0.25) is 0 Å². The van der Waals surface area contributed by atoms with Crippen molar-refractivity contribution in [3.63, 3.8) is 0 Å². The Morgan fingerprint density at radius 1 is 0.952 bits per heavy atom. The first-order valence-corrected chi connectivity index (χ1v) is 7.16. The molecule has 1 N–H and O–H groups in total. The summed E-state index contributed by atoms with van der Waals surface area (Å²) in [5, 5.41) is 0.676. The number of aryl methyl sites for hydroxylation is 1. The molecule has 0 amide bonds. The highest BCUT2D eigenvalue weighted by molar-refractivity contribution is 6.33. The van der Waals surface area contributed by atoms with Gasteiger partial charge in [-0.25, -0.2) is 0 Å². The normalized spacial score (nSPS) is 10.6. The van der Waals surface area contributed by atoms with Crippen LogP contribution in [0.25, 0.3) is 22.4 Å². The Hall–Kier alpha value is -2.19. The third-order valence-corrected chi connectivity index (χ3v) is 3.88. The van der Waals surface area contributed by atoms with Crippen LogP contribution in [0.4, 0.5) is 0 Å². The van der Waals surface area contributed by atoms with Crippen LogP contribution < -0.4 is 4.74 Å². The number of methoxy groups -OCH3 is 1. The Balaban J connectivity index is 2.05. The first-order valence-electron chi connectivity index (χ1n) is 6.78. The lowest BCUT2D eigenvalue weighted by atomic mass is 10.1. The average molecular weight is 298 g/mol. The standard InChI is InChI=1S/C18H16ClNO/c1-12-16(13-6-4-3-5-7-13)11-18(20-12)15-9-8-14(21-2)10-17(15)19/h3-11,20H,1-2H3. The highest BCUT2D eigenvalue weighted by atomic mass is 35.5. The van der Waals surface area contributed by atoms with E-state index in [1.54, 1.807) is 7.11 Å². The van der Waals surface area contributed by atoms with Gasteiger partial charge in [0.25, 0.3) is 0 Å². The summed E-state index contributed by atoms with van der Waals surface area (Å²) in [5.41, 5.74) is 5.50. The molecule has 0 aliphatic rings. The third-order valence-electron chi connectivity index (χ3n) is 3.57. The first kappa shape index (κ1) is 13.8. The highest BCUT2D eigenvalue weighted by Gasteiger charge is 2.11. The highest BCUT2D eigenvalue weighted by Crippen LogP contribution is 2.34. The van der Waals surface area contributed by atoms with E-state index in [1.165, 1.54) is 11.1 Å². The van der Waals surface area contributed by atoms with Crippen LogP contribution in [0.5, 0.6) is 5.75 Å². The SMILES string of the molecule is COc1ccc(-c2cc(-c3ccccc3)c(C)[nH]2)c(Cl)c1. The molecule has 106 valence electrons. The van der Waals surface area contributed by atoms with E-state index in [4.69, 9.17) is 16.3 Å². The van der Waals surface area contributed by atoms with Gasteiger partial charge in [0.05, 0.1) is 12.1 Å². The van der Waals surface area contributed by atoms with Crippen molar-refractivity contribution >= 4 is 11.6 Å². The lowest BCUT2D eigenvalue weighted by Gasteiger charge is -2.04. The number of nitrogens with one attached hydrogen (secondary N) is 1. The van der Waals surface area contributed by atoms with Crippen LogP contribution in [-0.4, -0.2) is 12.1 Å². The average Bonchev–Trinajstić information content (AvgIpc) is 2.89. The van der Waals surface area contributed by atoms with E-state index < -0.39 is 0 Å². The first-order chi connectivity index (χ1) is 10.2. The summed E-state index contributed by atoms with van der Waals surface area (Å²) in [6.45, 7) is 2.07. The summed E-state index contributed by atoms with van der Waals surface area (Å²) < 4.78 is 5.19. The Labute approximate surface area is 129 Å². The largest absolute Gasteiger partial charge is 0.497 e. The van der Waals surface area contributed by atoms with Crippen molar-refractivity contribution in [1.29, 1.82) is 0 Å². The molecule has 1 heterocycles. The Morgan fingerprint density at radius 2 is 1.71 bits per heavy atom. The van der Waals surface area contributed by atoms with Gasteiger partial charge in [0, 0.05) is 22.5 Å². The number of aromatic nitrogens is 1. The van der Waals surface area contributed by atoms with Gasteiger partial charge < -0.3 is 9.72 Å². The molecule has 0 spiro atoms. The molecule has 2 nitrogen and oxygen atoms in total. The van der Waals surface area contributed by atoms with E-state index >= 15 is 0 Å². The van der Waals surface area contributed by atoms with Crippen molar-refractivity contribution in [3.8, 4) is 28.1 Å². The number of aromatic amines is 1. The minimum atomic E-state index is 0.676. The van der Waals surface area contributed by atoms with E-state index in [1.807, 2.05) is 36.4 Å². The fraction of sp³-hybridized carbons (Fsp3) is 0.111. The second kappa shape index (κ2) is 5.66. The summed E-state index contributed by atoms with van der Waals surface area (Å²) >= 11 is 6.35. The van der Waals surface area contributed by atoms with Gasteiger partial charge >= 0.3 is 0 Å². The summed E-state index contributed by atoms with van der Waals surface area (Å²) in [6.07, 6.45) is 0. The molecule has 0 aliphatic heterocycles. The van der Waals surface area contributed by atoms with Crippen LogP contribution in [0.3, 0.4) is 0 Å². The number of halogens is 1. The van der Waals surface area contributed by atoms with Crippen LogP contribution in [0.1, 0.15) is 5.69 Å².